The number of ether oxygens (including phenoxy) is 1. The van der Waals surface area contributed by atoms with Gasteiger partial charge in [-0.15, -0.1) is 0 Å². The van der Waals surface area contributed by atoms with Crippen molar-refractivity contribution in [2.45, 2.75) is 87.6 Å². The molecule has 2 aromatic carbocycles. The van der Waals surface area contributed by atoms with Crippen molar-refractivity contribution in [3.63, 3.8) is 0 Å². The molecule has 0 amide bonds. The fourth-order valence-electron chi connectivity index (χ4n) is 8.19. The molecule has 3 N–H and O–H groups in total. The minimum Gasteiger partial charge on any atom is -0.381 e. The number of halogens is 5. The third-order valence-corrected chi connectivity index (χ3v) is 11.3. The number of carbonyl (C=O) groups excluding carboxylic acids is 1. The maximum absolute atomic E-state index is 14.2. The fourth-order valence-corrected chi connectivity index (χ4v) is 8.70. The van der Waals surface area contributed by atoms with Gasteiger partial charge in [-0.2, -0.15) is 22.0 Å². The van der Waals surface area contributed by atoms with Gasteiger partial charge in [-0.3, -0.25) is 4.79 Å². The van der Waals surface area contributed by atoms with Crippen LogP contribution < -0.4 is 10.5 Å². The molecule has 0 bridgehead atoms. The molecule has 4 aliphatic rings. The van der Waals surface area contributed by atoms with Gasteiger partial charge in [0.15, 0.2) is 5.78 Å². The Morgan fingerprint density at radius 3 is 2.29 bits per heavy atom. The van der Waals surface area contributed by atoms with Gasteiger partial charge in [-0.05, 0) is 108 Å². The summed E-state index contributed by atoms with van der Waals surface area (Å²) in [5.41, 5.74) is 5.04. The maximum atomic E-state index is 14.2. The molecular formula is C33H35F5N2O4S. The number of nitrogens with two attached hydrogens (primary N) is 1. The van der Waals surface area contributed by atoms with E-state index in [4.69, 9.17) is 5.14 Å². The number of alkyl halides is 5. The summed E-state index contributed by atoms with van der Waals surface area (Å²) in [5.74, 6) is -0.234. The molecule has 6 rings (SSSR count). The highest BCUT2D eigenvalue weighted by atomic mass is 32.2. The summed E-state index contributed by atoms with van der Waals surface area (Å²) in [4.78, 5) is 12.3. The number of allylic oxidation sites excluding steroid dienone is 4. The van der Waals surface area contributed by atoms with Gasteiger partial charge in [0.25, 0.3) is 0 Å². The number of fused-ring (bicyclic) bond motifs is 4. The highest BCUT2D eigenvalue weighted by Crippen LogP contribution is 2.65. The van der Waals surface area contributed by atoms with E-state index in [0.29, 0.717) is 50.8 Å². The van der Waals surface area contributed by atoms with E-state index in [1.807, 2.05) is 31.2 Å². The molecule has 2 saturated carbocycles. The topological polar surface area (TPSA) is 98.5 Å². The van der Waals surface area contributed by atoms with Crippen LogP contribution in [0.2, 0.25) is 0 Å². The lowest BCUT2D eigenvalue weighted by molar-refractivity contribution is -0.408. The molecule has 242 valence electrons. The Kier molecular flexibility index (Phi) is 8.01. The van der Waals surface area contributed by atoms with E-state index < -0.39 is 33.8 Å². The van der Waals surface area contributed by atoms with E-state index in [2.05, 4.69) is 10.1 Å². The highest BCUT2D eigenvalue weighted by molar-refractivity contribution is 7.89. The highest BCUT2D eigenvalue weighted by Gasteiger charge is 2.65. The summed E-state index contributed by atoms with van der Waals surface area (Å²) in [5, 5.41) is 8.40. The molecule has 0 aliphatic heterocycles. The van der Waals surface area contributed by atoms with Crippen LogP contribution in [0.1, 0.15) is 68.9 Å². The number of ketones is 1. The Labute approximate surface area is 259 Å². The van der Waals surface area contributed by atoms with Gasteiger partial charge in [0.1, 0.15) is 0 Å². The zero-order valence-electron chi connectivity index (χ0n) is 24.7. The first-order valence-corrected chi connectivity index (χ1v) is 16.7. The Hall–Kier alpha value is -3.09. The zero-order valence-corrected chi connectivity index (χ0v) is 25.5. The van der Waals surface area contributed by atoms with Crippen molar-refractivity contribution in [3.8, 4) is 0 Å². The van der Waals surface area contributed by atoms with Gasteiger partial charge in [0.05, 0.1) is 11.0 Å². The Bertz CT molecular complexity index is 1650. The Morgan fingerprint density at radius 2 is 1.64 bits per heavy atom. The molecule has 0 saturated heterocycles. The number of primary sulfonamides is 1. The van der Waals surface area contributed by atoms with Crippen LogP contribution in [-0.2, 0) is 26.1 Å². The molecule has 2 fully saturated rings. The number of nitrogens with one attached hydrogen (secondary N) is 1. The molecule has 5 unspecified atom stereocenters. The summed E-state index contributed by atoms with van der Waals surface area (Å²) >= 11 is 0. The lowest BCUT2D eigenvalue weighted by atomic mass is 9.53. The first kappa shape index (κ1) is 31.9. The van der Waals surface area contributed by atoms with Crippen molar-refractivity contribution in [2.75, 3.05) is 5.32 Å². The second-order valence-corrected chi connectivity index (χ2v) is 14.5. The minimum atomic E-state index is -5.80. The number of carbonyl (C=O) groups is 1. The second-order valence-electron chi connectivity index (χ2n) is 12.9. The SMILES string of the molecule is CC12CC(c3ccc(CNc4ccc(S(N)(=O)=O)cc4)cc3)C3=C4CCC(=O)C=C4CCC3C1CCC2OC(F)(F)C(F)(F)F. The van der Waals surface area contributed by atoms with Gasteiger partial charge in [0, 0.05) is 24.6 Å². The smallest absolute Gasteiger partial charge is 0.381 e. The maximum Gasteiger partial charge on any atom is 0.482 e. The summed E-state index contributed by atoms with van der Waals surface area (Å²) in [6.07, 6.45) is -7.16. The molecule has 45 heavy (non-hydrogen) atoms. The van der Waals surface area contributed by atoms with E-state index in [-0.39, 0.29) is 34.9 Å². The molecule has 4 aliphatic carbocycles. The number of sulfonamides is 1. The number of hydrogen-bond donors (Lipinski definition) is 2. The van der Waals surface area contributed by atoms with Crippen molar-refractivity contribution >= 4 is 21.5 Å². The standard InChI is InChI=1S/C33H35F5N2O4S/c1-31-17-27(20-4-2-19(3-5-20)18-40-22-7-10-24(11-8-22)45(39,42)43)30-25-13-9-23(41)16-21(25)6-12-26(30)28(31)14-15-29(31)44-33(37,38)32(34,35)36/h2-5,7-8,10-11,16,26-29,40H,6,9,12-15,17-18H2,1H3,(H2,39,42,43). The second kappa shape index (κ2) is 11.3. The normalized spacial score (nSPS) is 28.7. The van der Waals surface area contributed by atoms with Crippen molar-refractivity contribution in [1.82, 2.24) is 0 Å². The third kappa shape index (κ3) is 5.96. The van der Waals surface area contributed by atoms with Crippen molar-refractivity contribution in [1.29, 1.82) is 0 Å². The van der Waals surface area contributed by atoms with Crippen LogP contribution in [0.25, 0.3) is 0 Å². The first-order chi connectivity index (χ1) is 21.1. The van der Waals surface area contributed by atoms with Crippen molar-refractivity contribution in [2.24, 2.45) is 22.4 Å². The zero-order chi connectivity index (χ0) is 32.4. The molecular weight excluding hydrogens is 615 g/mol. The van der Waals surface area contributed by atoms with E-state index in [0.717, 1.165) is 22.3 Å². The van der Waals surface area contributed by atoms with Crippen LogP contribution in [-0.4, -0.2) is 32.6 Å². The van der Waals surface area contributed by atoms with Gasteiger partial charge in [-0.25, -0.2) is 13.6 Å². The molecule has 5 atom stereocenters. The average Bonchev–Trinajstić information content (AvgIpc) is 3.29. The van der Waals surface area contributed by atoms with Crippen LogP contribution in [0.3, 0.4) is 0 Å². The predicted octanol–water partition coefficient (Wildman–Crippen LogP) is 7.39. The summed E-state index contributed by atoms with van der Waals surface area (Å²) in [6, 6.07) is 13.9. The van der Waals surface area contributed by atoms with Gasteiger partial charge in [-0.1, -0.05) is 36.8 Å². The fraction of sp³-hybridized carbons (Fsp3) is 0.485. The van der Waals surface area contributed by atoms with E-state index >= 15 is 0 Å². The molecule has 0 heterocycles. The predicted molar refractivity (Wildman–Crippen MR) is 158 cm³/mol. The van der Waals surface area contributed by atoms with E-state index in [1.165, 1.54) is 17.7 Å². The van der Waals surface area contributed by atoms with Gasteiger partial charge >= 0.3 is 12.3 Å². The molecule has 12 heteroatoms. The number of anilines is 1. The first-order valence-electron chi connectivity index (χ1n) is 15.1. The van der Waals surface area contributed by atoms with Crippen LogP contribution in [0.4, 0.5) is 27.6 Å². The molecule has 0 spiro atoms. The van der Waals surface area contributed by atoms with E-state index in [1.54, 1.807) is 18.2 Å². The third-order valence-electron chi connectivity index (χ3n) is 10.3. The van der Waals surface area contributed by atoms with Gasteiger partial charge < -0.3 is 10.1 Å². The minimum absolute atomic E-state index is 0.00358. The van der Waals surface area contributed by atoms with Crippen LogP contribution in [0, 0.1) is 17.3 Å². The molecule has 0 aromatic heterocycles. The van der Waals surface area contributed by atoms with Crippen LogP contribution >= 0.6 is 0 Å². The number of benzene rings is 2. The van der Waals surface area contributed by atoms with E-state index in [9.17, 15) is 35.2 Å². The van der Waals surface area contributed by atoms with Crippen LogP contribution in [0.5, 0.6) is 0 Å². The Morgan fingerprint density at radius 1 is 0.956 bits per heavy atom. The largest absolute Gasteiger partial charge is 0.482 e. The summed E-state index contributed by atoms with van der Waals surface area (Å²) < 4.78 is 95.7. The average molecular weight is 651 g/mol. The summed E-state index contributed by atoms with van der Waals surface area (Å²) in [7, 11) is -3.80. The van der Waals surface area contributed by atoms with Crippen molar-refractivity contribution < 1.29 is 39.9 Å². The quantitative estimate of drug-likeness (QED) is 0.305. The number of rotatable bonds is 7. The molecule has 6 nitrogen and oxygen atoms in total. The number of hydrogen-bond acceptors (Lipinski definition) is 5. The monoisotopic (exact) mass is 650 g/mol. The van der Waals surface area contributed by atoms with Gasteiger partial charge in [0.2, 0.25) is 10.0 Å². The lowest BCUT2D eigenvalue weighted by Crippen LogP contribution is -2.50. The lowest BCUT2D eigenvalue weighted by Gasteiger charge is -2.52. The summed E-state index contributed by atoms with van der Waals surface area (Å²) in [6.45, 7) is 2.25. The van der Waals surface area contributed by atoms with Crippen molar-refractivity contribution in [3.05, 3.63) is 82.5 Å². The molecule has 2 aromatic rings. The molecule has 0 radical (unpaired) electrons. The van der Waals surface area contributed by atoms with Crippen LogP contribution in [0.15, 0.2) is 76.2 Å². The Balaban J connectivity index is 1.30.